The van der Waals surface area contributed by atoms with Gasteiger partial charge in [-0.15, -0.1) is 0 Å². The van der Waals surface area contributed by atoms with Crippen LogP contribution >= 0.6 is 0 Å². The van der Waals surface area contributed by atoms with Crippen molar-refractivity contribution in [3.63, 3.8) is 0 Å². The number of aliphatic hydroxyl groups excluding tert-OH is 1. The molecule has 0 aliphatic heterocycles. The molecule has 0 amide bonds. The molecule has 12 heavy (non-hydrogen) atoms. The lowest BCUT2D eigenvalue weighted by molar-refractivity contribution is 0.275. The highest BCUT2D eigenvalue weighted by Gasteiger charge is 1.82. The van der Waals surface area contributed by atoms with Gasteiger partial charge in [0, 0.05) is 12.2 Å². The van der Waals surface area contributed by atoms with Crippen molar-refractivity contribution in [2.75, 3.05) is 27.4 Å². The summed E-state index contributed by atoms with van der Waals surface area (Å²) < 4.78 is 0. The summed E-state index contributed by atoms with van der Waals surface area (Å²) in [6, 6.07) is 0. The molecule has 0 saturated carbocycles. The Morgan fingerprint density at radius 3 is 2.67 bits per heavy atom. The molecule has 0 aromatic carbocycles. The van der Waals surface area contributed by atoms with Crippen LogP contribution in [0.15, 0.2) is 23.9 Å². The average molecular weight is 170 g/mol. The molecule has 3 heteroatoms. The lowest BCUT2D eigenvalue weighted by atomic mass is 10.4. The summed E-state index contributed by atoms with van der Waals surface area (Å²) in [5.41, 5.74) is 0.965. The third-order valence-electron chi connectivity index (χ3n) is 1.31. The second kappa shape index (κ2) is 6.88. The average Bonchev–Trinajstić information content (AvgIpc) is 1.98. The van der Waals surface area contributed by atoms with E-state index in [-0.39, 0.29) is 6.73 Å². The molecule has 0 aliphatic carbocycles. The van der Waals surface area contributed by atoms with Gasteiger partial charge in [0.15, 0.2) is 0 Å². The van der Waals surface area contributed by atoms with Gasteiger partial charge >= 0.3 is 0 Å². The first-order chi connectivity index (χ1) is 5.66. The number of nitrogens with zero attached hydrogens (tertiary/aromatic N) is 1. The van der Waals surface area contributed by atoms with Crippen LogP contribution in [0.2, 0.25) is 0 Å². The number of rotatable bonds is 5. The maximum atomic E-state index is 8.50. The minimum Gasteiger partial charge on any atom is -0.377 e. The molecular formula is C9H18N2O. The normalized spacial score (nSPS) is 12.9. The number of hydrogen-bond acceptors (Lipinski definition) is 3. The molecule has 0 unspecified atom stereocenters. The quantitative estimate of drug-likeness (QED) is 0.467. The zero-order valence-electron chi connectivity index (χ0n) is 8.04. The first-order valence-corrected chi connectivity index (χ1v) is 3.99. The van der Waals surface area contributed by atoms with E-state index in [9.17, 15) is 0 Å². The predicted molar refractivity (Wildman–Crippen MR) is 51.7 cm³/mol. The number of likely N-dealkylation sites (N-methyl/N-ethyl adjacent to an activating group) is 1. The van der Waals surface area contributed by atoms with Gasteiger partial charge in [0.2, 0.25) is 0 Å². The van der Waals surface area contributed by atoms with Crippen LogP contribution in [-0.2, 0) is 0 Å². The summed E-state index contributed by atoms with van der Waals surface area (Å²) in [7, 11) is 4.04. The van der Waals surface area contributed by atoms with E-state index in [4.69, 9.17) is 5.11 Å². The molecule has 0 radical (unpaired) electrons. The van der Waals surface area contributed by atoms with Crippen molar-refractivity contribution in [2.24, 2.45) is 0 Å². The molecule has 0 spiro atoms. The van der Waals surface area contributed by atoms with E-state index in [2.05, 4.69) is 16.3 Å². The Kier molecular flexibility index (Phi) is 6.42. The highest BCUT2D eigenvalue weighted by Crippen LogP contribution is 1.86. The monoisotopic (exact) mass is 170 g/mol. The molecule has 0 atom stereocenters. The van der Waals surface area contributed by atoms with E-state index in [1.807, 2.05) is 33.2 Å². The van der Waals surface area contributed by atoms with Crippen molar-refractivity contribution < 1.29 is 5.11 Å². The molecule has 3 nitrogen and oxygen atoms in total. The molecule has 70 valence electrons. The fraction of sp³-hybridized carbons (Fsp3) is 0.556. The number of aliphatic hydroxyl groups is 1. The van der Waals surface area contributed by atoms with Crippen LogP contribution in [0.25, 0.3) is 0 Å². The zero-order chi connectivity index (χ0) is 9.40. The molecule has 0 aliphatic rings. The van der Waals surface area contributed by atoms with Crippen LogP contribution in [0.5, 0.6) is 0 Å². The summed E-state index contributed by atoms with van der Waals surface area (Å²) in [6.45, 7) is 2.84. The molecule has 0 aromatic heterocycles. The van der Waals surface area contributed by atoms with Gasteiger partial charge in [0.05, 0.1) is 0 Å². The van der Waals surface area contributed by atoms with Gasteiger partial charge in [-0.25, -0.2) is 0 Å². The molecule has 0 heterocycles. The summed E-state index contributed by atoms with van der Waals surface area (Å²) in [6.07, 6.45) is 5.96. The maximum absolute atomic E-state index is 8.50. The Morgan fingerprint density at radius 2 is 2.17 bits per heavy atom. The Bertz CT molecular complexity index is 162. The lowest BCUT2D eigenvalue weighted by Gasteiger charge is -2.03. The Morgan fingerprint density at radius 1 is 1.50 bits per heavy atom. The van der Waals surface area contributed by atoms with Crippen molar-refractivity contribution in [3.8, 4) is 0 Å². The smallest absolute Gasteiger partial charge is 0.113 e. The number of hydrogen-bond donors (Lipinski definition) is 2. The van der Waals surface area contributed by atoms with Crippen LogP contribution in [0.3, 0.4) is 0 Å². The molecule has 0 aromatic rings. The van der Waals surface area contributed by atoms with Crippen LogP contribution in [0, 0.1) is 0 Å². The first kappa shape index (κ1) is 11.2. The first-order valence-electron chi connectivity index (χ1n) is 3.99. The van der Waals surface area contributed by atoms with E-state index >= 15 is 0 Å². The third kappa shape index (κ3) is 7.31. The van der Waals surface area contributed by atoms with Crippen molar-refractivity contribution in [2.45, 2.75) is 6.92 Å². The molecular weight excluding hydrogens is 152 g/mol. The van der Waals surface area contributed by atoms with Gasteiger partial charge in [-0.3, -0.25) is 0 Å². The minimum atomic E-state index is -0.0101. The highest BCUT2D eigenvalue weighted by molar-refractivity contribution is 5.09. The van der Waals surface area contributed by atoms with Crippen molar-refractivity contribution >= 4 is 0 Å². The van der Waals surface area contributed by atoms with Crippen LogP contribution in [-0.4, -0.2) is 37.4 Å². The maximum Gasteiger partial charge on any atom is 0.113 e. The third-order valence-corrected chi connectivity index (χ3v) is 1.31. The van der Waals surface area contributed by atoms with Gasteiger partial charge in [0.1, 0.15) is 6.73 Å². The number of allylic oxidation sites excluding steroid dienone is 3. The van der Waals surface area contributed by atoms with E-state index in [1.165, 1.54) is 0 Å². The predicted octanol–water partition coefficient (Wildman–Crippen LogP) is 0.547. The molecule has 2 N–H and O–H groups in total. The SMILES string of the molecule is C/C(=C\C=C/CN(C)C)NCO. The van der Waals surface area contributed by atoms with Gasteiger partial charge in [-0.2, -0.15) is 0 Å². The van der Waals surface area contributed by atoms with E-state index in [0.29, 0.717) is 0 Å². The lowest BCUT2D eigenvalue weighted by Crippen LogP contribution is -2.11. The summed E-state index contributed by atoms with van der Waals surface area (Å²) in [5.74, 6) is 0. The fourth-order valence-electron chi connectivity index (χ4n) is 0.668. The highest BCUT2D eigenvalue weighted by atomic mass is 16.3. The summed E-state index contributed by atoms with van der Waals surface area (Å²) in [5, 5.41) is 11.3. The molecule has 0 saturated heterocycles. The van der Waals surface area contributed by atoms with Crippen molar-refractivity contribution in [1.82, 2.24) is 10.2 Å². The standard InChI is InChI=1S/C9H18N2O/c1-9(10-8-12)6-4-5-7-11(2)3/h4-6,10,12H,7-8H2,1-3H3/b5-4-,9-6+. The summed E-state index contributed by atoms with van der Waals surface area (Å²) in [4.78, 5) is 2.08. The second-order valence-corrected chi connectivity index (χ2v) is 2.87. The second-order valence-electron chi connectivity index (χ2n) is 2.87. The minimum absolute atomic E-state index is 0.0101. The van der Waals surface area contributed by atoms with E-state index in [0.717, 1.165) is 12.2 Å². The van der Waals surface area contributed by atoms with Crippen molar-refractivity contribution in [1.29, 1.82) is 0 Å². The van der Waals surface area contributed by atoms with Crippen LogP contribution in [0.1, 0.15) is 6.92 Å². The van der Waals surface area contributed by atoms with Crippen molar-refractivity contribution in [3.05, 3.63) is 23.9 Å². The van der Waals surface area contributed by atoms with E-state index < -0.39 is 0 Å². The number of nitrogens with one attached hydrogen (secondary N) is 1. The van der Waals surface area contributed by atoms with Gasteiger partial charge in [-0.1, -0.05) is 12.2 Å². The van der Waals surface area contributed by atoms with Gasteiger partial charge < -0.3 is 15.3 Å². The molecule has 0 fully saturated rings. The topological polar surface area (TPSA) is 35.5 Å². The van der Waals surface area contributed by atoms with Crippen LogP contribution < -0.4 is 5.32 Å². The zero-order valence-corrected chi connectivity index (χ0v) is 8.04. The van der Waals surface area contributed by atoms with Gasteiger partial charge in [-0.05, 0) is 27.1 Å². The fourth-order valence-corrected chi connectivity index (χ4v) is 0.668. The Labute approximate surface area is 74.4 Å². The van der Waals surface area contributed by atoms with Crippen LogP contribution in [0.4, 0.5) is 0 Å². The van der Waals surface area contributed by atoms with E-state index in [1.54, 1.807) is 0 Å². The molecule has 0 bridgehead atoms. The Balaban J connectivity index is 3.63. The van der Waals surface area contributed by atoms with Gasteiger partial charge in [0.25, 0.3) is 0 Å². The summed E-state index contributed by atoms with van der Waals surface area (Å²) >= 11 is 0. The molecule has 0 rings (SSSR count). The largest absolute Gasteiger partial charge is 0.377 e. The Hall–Kier alpha value is -0.800.